The number of amides is 1. The molecular formula is C11H13N5O2. The van der Waals surface area contributed by atoms with Crippen molar-refractivity contribution >= 4 is 11.7 Å². The molecule has 1 aliphatic heterocycles. The van der Waals surface area contributed by atoms with Gasteiger partial charge in [0.1, 0.15) is 0 Å². The number of carbonyl (C=O) groups is 1. The third-order valence-electron chi connectivity index (χ3n) is 2.97. The molecule has 1 saturated heterocycles. The number of likely N-dealkylation sites (tertiary alicyclic amines) is 1. The average Bonchev–Trinajstić information content (AvgIpc) is 2.70. The molecule has 7 heteroatoms. The lowest BCUT2D eigenvalue weighted by Crippen LogP contribution is -2.61. The van der Waals surface area contributed by atoms with Gasteiger partial charge in [-0.1, -0.05) is 0 Å². The van der Waals surface area contributed by atoms with Crippen molar-refractivity contribution in [1.82, 2.24) is 24.5 Å². The molecule has 0 radical (unpaired) electrons. The number of β-amino-alcohol motifs (C(OH)–C–C–N with tert-alkyl or cyclic N) is 1. The fourth-order valence-corrected chi connectivity index (χ4v) is 2.06. The van der Waals surface area contributed by atoms with Gasteiger partial charge < -0.3 is 10.0 Å². The minimum Gasteiger partial charge on any atom is -0.386 e. The van der Waals surface area contributed by atoms with Crippen LogP contribution in [0, 0.1) is 6.92 Å². The van der Waals surface area contributed by atoms with Crippen molar-refractivity contribution in [2.75, 3.05) is 13.1 Å². The lowest BCUT2D eigenvalue weighted by Gasteiger charge is -2.43. The SMILES string of the molecule is Cc1ccnc2nc(C(=O)N3CC(C)(O)C3)nn12. The van der Waals surface area contributed by atoms with E-state index in [0.29, 0.717) is 18.9 Å². The number of aromatic nitrogens is 4. The van der Waals surface area contributed by atoms with Gasteiger partial charge in [-0.2, -0.15) is 4.98 Å². The molecule has 0 aromatic carbocycles. The molecule has 2 aromatic rings. The second kappa shape index (κ2) is 3.49. The van der Waals surface area contributed by atoms with Gasteiger partial charge >= 0.3 is 0 Å². The van der Waals surface area contributed by atoms with Crippen molar-refractivity contribution in [2.24, 2.45) is 0 Å². The highest BCUT2D eigenvalue weighted by Crippen LogP contribution is 2.21. The second-order valence-electron chi connectivity index (χ2n) is 4.89. The molecule has 0 bridgehead atoms. The summed E-state index contributed by atoms with van der Waals surface area (Å²) in [7, 11) is 0. The Bertz CT molecular complexity index is 625. The molecule has 3 heterocycles. The van der Waals surface area contributed by atoms with Crippen LogP contribution >= 0.6 is 0 Å². The Balaban J connectivity index is 1.91. The van der Waals surface area contributed by atoms with E-state index in [-0.39, 0.29) is 11.7 Å². The van der Waals surface area contributed by atoms with Gasteiger partial charge in [-0.15, -0.1) is 5.10 Å². The van der Waals surface area contributed by atoms with E-state index in [1.54, 1.807) is 19.2 Å². The van der Waals surface area contributed by atoms with E-state index in [1.807, 2.05) is 6.92 Å². The molecular weight excluding hydrogens is 234 g/mol. The number of aryl methyl sites for hydroxylation is 1. The van der Waals surface area contributed by atoms with Gasteiger partial charge in [-0.3, -0.25) is 4.79 Å². The van der Waals surface area contributed by atoms with Gasteiger partial charge in [-0.05, 0) is 19.9 Å². The minimum absolute atomic E-state index is 0.118. The predicted molar refractivity (Wildman–Crippen MR) is 62.0 cm³/mol. The zero-order valence-corrected chi connectivity index (χ0v) is 10.2. The molecule has 1 fully saturated rings. The number of aliphatic hydroxyl groups is 1. The highest BCUT2D eigenvalue weighted by Gasteiger charge is 2.40. The lowest BCUT2D eigenvalue weighted by molar-refractivity contribution is -0.0672. The van der Waals surface area contributed by atoms with Crippen LogP contribution in [-0.4, -0.2) is 54.2 Å². The van der Waals surface area contributed by atoms with E-state index in [0.717, 1.165) is 5.69 Å². The van der Waals surface area contributed by atoms with Crippen LogP contribution in [0.5, 0.6) is 0 Å². The molecule has 7 nitrogen and oxygen atoms in total. The summed E-state index contributed by atoms with van der Waals surface area (Å²) in [4.78, 5) is 21.7. The van der Waals surface area contributed by atoms with Gasteiger partial charge in [0.2, 0.25) is 5.82 Å². The van der Waals surface area contributed by atoms with Gasteiger partial charge in [0.05, 0.1) is 18.7 Å². The first-order valence-electron chi connectivity index (χ1n) is 5.66. The third-order valence-corrected chi connectivity index (χ3v) is 2.97. The van der Waals surface area contributed by atoms with Crippen LogP contribution < -0.4 is 0 Å². The first kappa shape index (κ1) is 11.1. The Morgan fingerprint density at radius 3 is 2.83 bits per heavy atom. The zero-order chi connectivity index (χ0) is 12.9. The maximum Gasteiger partial charge on any atom is 0.293 e. The number of rotatable bonds is 1. The van der Waals surface area contributed by atoms with E-state index in [1.165, 1.54) is 9.42 Å². The van der Waals surface area contributed by atoms with E-state index in [4.69, 9.17) is 0 Å². The smallest absolute Gasteiger partial charge is 0.293 e. The Labute approximate surface area is 103 Å². The van der Waals surface area contributed by atoms with Crippen LogP contribution in [-0.2, 0) is 0 Å². The average molecular weight is 247 g/mol. The molecule has 1 N–H and O–H groups in total. The highest BCUT2D eigenvalue weighted by molar-refractivity contribution is 5.91. The molecule has 94 valence electrons. The molecule has 0 saturated carbocycles. The highest BCUT2D eigenvalue weighted by atomic mass is 16.3. The summed E-state index contributed by atoms with van der Waals surface area (Å²) >= 11 is 0. The number of hydrogen-bond acceptors (Lipinski definition) is 5. The van der Waals surface area contributed by atoms with Crippen molar-refractivity contribution < 1.29 is 9.90 Å². The Hall–Kier alpha value is -2.02. The maximum absolute atomic E-state index is 12.0. The van der Waals surface area contributed by atoms with Crippen LogP contribution in [0.15, 0.2) is 12.3 Å². The minimum atomic E-state index is -0.789. The summed E-state index contributed by atoms with van der Waals surface area (Å²) < 4.78 is 1.53. The quantitative estimate of drug-likeness (QED) is 0.744. The van der Waals surface area contributed by atoms with E-state index in [2.05, 4.69) is 15.1 Å². The Morgan fingerprint density at radius 2 is 2.22 bits per heavy atom. The monoisotopic (exact) mass is 247 g/mol. The maximum atomic E-state index is 12.0. The molecule has 1 aliphatic rings. The summed E-state index contributed by atoms with van der Waals surface area (Å²) in [5, 5.41) is 13.7. The molecule has 0 aliphatic carbocycles. The van der Waals surface area contributed by atoms with Crippen LogP contribution in [0.4, 0.5) is 0 Å². The van der Waals surface area contributed by atoms with Crippen molar-refractivity contribution in [1.29, 1.82) is 0 Å². The van der Waals surface area contributed by atoms with E-state index in [9.17, 15) is 9.90 Å². The van der Waals surface area contributed by atoms with Crippen LogP contribution in [0.2, 0.25) is 0 Å². The summed E-state index contributed by atoms with van der Waals surface area (Å²) in [6, 6.07) is 1.80. The molecule has 0 spiro atoms. The largest absolute Gasteiger partial charge is 0.386 e. The van der Waals surface area contributed by atoms with Gasteiger partial charge in [0.25, 0.3) is 11.7 Å². The molecule has 3 rings (SSSR count). The molecule has 1 amide bonds. The van der Waals surface area contributed by atoms with E-state index < -0.39 is 5.60 Å². The molecule has 0 unspecified atom stereocenters. The zero-order valence-electron chi connectivity index (χ0n) is 10.2. The summed E-state index contributed by atoms with van der Waals surface area (Å²) in [6.45, 7) is 4.19. The Kier molecular flexibility index (Phi) is 2.15. The normalized spacial score (nSPS) is 17.8. The predicted octanol–water partition coefficient (Wildman–Crippen LogP) is -0.360. The summed E-state index contributed by atoms with van der Waals surface area (Å²) in [5.74, 6) is 0.254. The fraction of sp³-hybridized carbons (Fsp3) is 0.455. The first-order valence-corrected chi connectivity index (χ1v) is 5.66. The van der Waals surface area contributed by atoms with Crippen molar-refractivity contribution in [3.05, 3.63) is 23.8 Å². The number of hydrogen-bond donors (Lipinski definition) is 1. The first-order chi connectivity index (χ1) is 8.46. The van der Waals surface area contributed by atoms with Crippen LogP contribution in [0.3, 0.4) is 0 Å². The van der Waals surface area contributed by atoms with Crippen molar-refractivity contribution in [2.45, 2.75) is 19.4 Å². The Morgan fingerprint density at radius 1 is 1.50 bits per heavy atom. The van der Waals surface area contributed by atoms with Gasteiger partial charge in [0, 0.05) is 11.9 Å². The summed E-state index contributed by atoms with van der Waals surface area (Å²) in [5.41, 5.74) is 0.0744. The lowest BCUT2D eigenvalue weighted by atomic mass is 9.97. The molecule has 18 heavy (non-hydrogen) atoms. The molecule has 2 aromatic heterocycles. The van der Waals surface area contributed by atoms with Crippen LogP contribution in [0.1, 0.15) is 23.2 Å². The number of fused-ring (bicyclic) bond motifs is 1. The van der Waals surface area contributed by atoms with Crippen LogP contribution in [0.25, 0.3) is 5.78 Å². The van der Waals surface area contributed by atoms with Gasteiger partial charge in [-0.25, -0.2) is 9.50 Å². The fourth-order valence-electron chi connectivity index (χ4n) is 2.06. The van der Waals surface area contributed by atoms with Crippen molar-refractivity contribution in [3.8, 4) is 0 Å². The van der Waals surface area contributed by atoms with E-state index >= 15 is 0 Å². The van der Waals surface area contributed by atoms with Crippen molar-refractivity contribution in [3.63, 3.8) is 0 Å². The number of carbonyl (C=O) groups excluding carboxylic acids is 1. The summed E-state index contributed by atoms with van der Waals surface area (Å²) in [6.07, 6.45) is 1.63. The second-order valence-corrected chi connectivity index (χ2v) is 4.89. The third kappa shape index (κ3) is 1.63. The standard InChI is InChI=1S/C11H13N5O2/c1-7-3-4-12-10-13-8(14-16(7)10)9(17)15-5-11(2,18)6-15/h3-4,18H,5-6H2,1-2H3. The number of nitrogens with zero attached hydrogens (tertiary/aromatic N) is 5. The topological polar surface area (TPSA) is 83.6 Å². The molecule has 0 atom stereocenters. The van der Waals surface area contributed by atoms with Gasteiger partial charge in [0.15, 0.2) is 0 Å².